The van der Waals surface area contributed by atoms with Crippen molar-refractivity contribution in [2.24, 2.45) is 11.0 Å². The van der Waals surface area contributed by atoms with Crippen LogP contribution in [0.15, 0.2) is 28.2 Å². The van der Waals surface area contributed by atoms with Crippen molar-refractivity contribution in [3.63, 3.8) is 0 Å². The summed E-state index contributed by atoms with van der Waals surface area (Å²) in [6, 6.07) is 3.78. The average molecular weight is 396 g/mol. The first-order valence-electron chi connectivity index (χ1n) is 9.05. The summed E-state index contributed by atoms with van der Waals surface area (Å²) in [5.41, 5.74) is 3.81. The van der Waals surface area contributed by atoms with Crippen LogP contribution in [0.1, 0.15) is 32.6 Å². The van der Waals surface area contributed by atoms with Gasteiger partial charge in [-0.2, -0.15) is 9.41 Å². The minimum Gasteiger partial charge on any atom is -0.379 e. The maximum Gasteiger partial charge on any atom is 0.270 e. The van der Waals surface area contributed by atoms with Crippen LogP contribution in [0.2, 0.25) is 0 Å². The number of benzene rings is 1. The van der Waals surface area contributed by atoms with Crippen LogP contribution >= 0.6 is 0 Å². The van der Waals surface area contributed by atoms with Crippen LogP contribution in [0.3, 0.4) is 0 Å². The Labute approximate surface area is 158 Å². The van der Waals surface area contributed by atoms with Crippen LogP contribution in [-0.4, -0.2) is 49.7 Å². The second-order valence-corrected chi connectivity index (χ2v) is 8.85. The number of sulfonamides is 1. The summed E-state index contributed by atoms with van der Waals surface area (Å²) in [4.78, 5) is 10.4. The number of rotatable bonds is 5. The highest BCUT2D eigenvalue weighted by Gasteiger charge is 2.30. The SMILES string of the molecule is C[C@@H]1CCC/C(=N/Nc2ccc([N+](=O)[O-])cc2S(=O)(=O)N2CCOCC2)C1. The average Bonchev–Trinajstić information content (AvgIpc) is 2.67. The Bertz CT molecular complexity index is 834. The third-order valence-corrected chi connectivity index (χ3v) is 6.78. The lowest BCUT2D eigenvalue weighted by Gasteiger charge is -2.26. The number of nitrogens with zero attached hydrogens (tertiary/aromatic N) is 3. The number of non-ortho nitro benzene ring substituents is 1. The fraction of sp³-hybridized carbons (Fsp3) is 0.588. The molecule has 1 saturated heterocycles. The Morgan fingerprint density at radius 1 is 1.33 bits per heavy atom. The number of nitro benzene ring substituents is 1. The molecular weight excluding hydrogens is 372 g/mol. The van der Waals surface area contributed by atoms with Gasteiger partial charge in [0.15, 0.2) is 0 Å². The van der Waals surface area contributed by atoms with Gasteiger partial charge in [-0.15, -0.1) is 0 Å². The summed E-state index contributed by atoms with van der Waals surface area (Å²) in [5, 5.41) is 15.5. The van der Waals surface area contributed by atoms with Gasteiger partial charge in [-0.25, -0.2) is 8.42 Å². The van der Waals surface area contributed by atoms with Gasteiger partial charge in [-0.3, -0.25) is 15.5 Å². The second-order valence-electron chi connectivity index (χ2n) is 6.95. The van der Waals surface area contributed by atoms with Gasteiger partial charge in [0.2, 0.25) is 10.0 Å². The van der Waals surface area contributed by atoms with E-state index in [1.807, 2.05) is 0 Å². The number of hydrogen-bond acceptors (Lipinski definition) is 7. The predicted octanol–water partition coefficient (Wildman–Crippen LogP) is 2.59. The number of nitro groups is 1. The van der Waals surface area contributed by atoms with E-state index < -0.39 is 14.9 Å². The lowest BCUT2D eigenvalue weighted by atomic mass is 9.89. The zero-order valence-electron chi connectivity index (χ0n) is 15.3. The fourth-order valence-corrected chi connectivity index (χ4v) is 4.93. The summed E-state index contributed by atoms with van der Waals surface area (Å²) in [5.74, 6) is 0.549. The molecule has 0 aromatic heterocycles. The topological polar surface area (TPSA) is 114 Å². The van der Waals surface area contributed by atoms with Crippen molar-refractivity contribution < 1.29 is 18.1 Å². The summed E-state index contributed by atoms with van der Waals surface area (Å²) in [6.07, 6.45) is 3.95. The van der Waals surface area contributed by atoms with E-state index in [0.29, 0.717) is 19.1 Å². The van der Waals surface area contributed by atoms with Gasteiger partial charge in [0, 0.05) is 30.9 Å². The van der Waals surface area contributed by atoms with Crippen molar-refractivity contribution in [3.8, 4) is 0 Å². The minimum atomic E-state index is -3.90. The first-order chi connectivity index (χ1) is 12.9. The maximum absolute atomic E-state index is 13.0. The van der Waals surface area contributed by atoms with E-state index in [2.05, 4.69) is 17.5 Å². The Morgan fingerprint density at radius 2 is 2.07 bits per heavy atom. The van der Waals surface area contributed by atoms with Crippen molar-refractivity contribution >= 4 is 27.1 Å². The number of ether oxygens (including phenoxy) is 1. The van der Waals surface area contributed by atoms with Gasteiger partial charge in [0.25, 0.3) is 5.69 Å². The van der Waals surface area contributed by atoms with Crippen molar-refractivity contribution in [1.29, 1.82) is 0 Å². The molecule has 0 bridgehead atoms. The number of hydrazone groups is 1. The molecule has 1 aliphatic carbocycles. The third-order valence-electron chi connectivity index (χ3n) is 4.84. The van der Waals surface area contributed by atoms with E-state index in [-0.39, 0.29) is 29.4 Å². The van der Waals surface area contributed by atoms with Crippen LogP contribution in [-0.2, 0) is 14.8 Å². The van der Waals surface area contributed by atoms with Crippen LogP contribution in [0.5, 0.6) is 0 Å². The Morgan fingerprint density at radius 3 is 2.74 bits per heavy atom. The summed E-state index contributed by atoms with van der Waals surface area (Å²) >= 11 is 0. The molecule has 1 atom stereocenters. The third kappa shape index (κ3) is 4.63. The first kappa shape index (κ1) is 19.7. The molecule has 1 saturated carbocycles. The van der Waals surface area contributed by atoms with Crippen LogP contribution in [0, 0.1) is 16.0 Å². The van der Waals surface area contributed by atoms with Crippen molar-refractivity contribution in [2.75, 3.05) is 31.7 Å². The number of nitrogens with one attached hydrogen (secondary N) is 1. The van der Waals surface area contributed by atoms with Gasteiger partial charge in [-0.05, 0) is 37.7 Å². The largest absolute Gasteiger partial charge is 0.379 e. The monoisotopic (exact) mass is 396 g/mol. The molecule has 0 spiro atoms. The number of hydrogen-bond donors (Lipinski definition) is 1. The quantitative estimate of drug-likeness (QED) is 0.604. The van der Waals surface area contributed by atoms with Gasteiger partial charge < -0.3 is 4.74 Å². The Kier molecular flexibility index (Phi) is 6.08. The van der Waals surface area contributed by atoms with Crippen LogP contribution in [0.25, 0.3) is 0 Å². The first-order valence-corrected chi connectivity index (χ1v) is 10.5. The maximum atomic E-state index is 13.0. The molecule has 10 heteroatoms. The highest BCUT2D eigenvalue weighted by Crippen LogP contribution is 2.30. The fourth-order valence-electron chi connectivity index (χ4n) is 3.36. The number of morpholine rings is 1. The zero-order chi connectivity index (χ0) is 19.4. The predicted molar refractivity (Wildman–Crippen MR) is 101 cm³/mol. The van der Waals surface area contributed by atoms with Gasteiger partial charge >= 0.3 is 0 Å². The molecule has 0 amide bonds. The molecule has 9 nitrogen and oxygen atoms in total. The van der Waals surface area contributed by atoms with E-state index in [4.69, 9.17) is 4.74 Å². The molecule has 2 fully saturated rings. The number of anilines is 1. The lowest BCUT2D eigenvalue weighted by molar-refractivity contribution is -0.385. The van der Waals surface area contributed by atoms with Gasteiger partial charge in [0.05, 0.1) is 23.8 Å². The molecule has 0 radical (unpaired) electrons. The van der Waals surface area contributed by atoms with Crippen LogP contribution in [0.4, 0.5) is 11.4 Å². The standard InChI is InChI=1S/C17H24N4O5S/c1-13-3-2-4-14(11-13)18-19-16-6-5-15(21(22)23)12-17(16)27(24,25)20-7-9-26-10-8-20/h5-6,12-13,19H,2-4,7-11H2,1H3/b18-14-/t13-/m1/s1. The van der Waals surface area contributed by atoms with Crippen molar-refractivity contribution in [2.45, 2.75) is 37.5 Å². The summed E-state index contributed by atoms with van der Waals surface area (Å²) in [7, 11) is -3.90. The van der Waals surface area contributed by atoms with E-state index >= 15 is 0 Å². The highest BCUT2D eigenvalue weighted by molar-refractivity contribution is 7.89. The Hall–Kier alpha value is -2.04. The van der Waals surface area contributed by atoms with Gasteiger partial charge in [0.1, 0.15) is 4.90 Å². The lowest BCUT2D eigenvalue weighted by Crippen LogP contribution is -2.40. The molecular formula is C17H24N4O5S. The summed E-state index contributed by atoms with van der Waals surface area (Å²) in [6.45, 7) is 3.20. The molecule has 1 aromatic carbocycles. The van der Waals surface area contributed by atoms with Crippen molar-refractivity contribution in [3.05, 3.63) is 28.3 Å². The second kappa shape index (κ2) is 8.32. The van der Waals surface area contributed by atoms with Gasteiger partial charge in [-0.1, -0.05) is 6.92 Å². The smallest absolute Gasteiger partial charge is 0.270 e. The molecule has 1 heterocycles. The molecule has 0 unspecified atom stereocenters. The molecule has 3 rings (SSSR count). The van der Waals surface area contributed by atoms with Crippen LogP contribution < -0.4 is 5.43 Å². The molecule has 148 valence electrons. The molecule has 2 aliphatic rings. The molecule has 1 N–H and O–H groups in total. The molecule has 1 aromatic rings. The molecule has 27 heavy (non-hydrogen) atoms. The molecule has 1 aliphatic heterocycles. The normalized spacial score (nSPS) is 23.3. The van der Waals surface area contributed by atoms with E-state index in [9.17, 15) is 18.5 Å². The highest BCUT2D eigenvalue weighted by atomic mass is 32.2. The van der Waals surface area contributed by atoms with E-state index in [1.54, 1.807) is 0 Å². The zero-order valence-corrected chi connectivity index (χ0v) is 16.1. The summed E-state index contributed by atoms with van der Waals surface area (Å²) < 4.78 is 32.6. The van der Waals surface area contributed by atoms with Crippen molar-refractivity contribution in [1.82, 2.24) is 4.31 Å². The minimum absolute atomic E-state index is 0.133. The van der Waals surface area contributed by atoms with E-state index in [0.717, 1.165) is 37.5 Å². The Balaban J connectivity index is 1.93. The van der Waals surface area contributed by atoms with E-state index in [1.165, 1.54) is 16.4 Å².